The van der Waals surface area contributed by atoms with Crippen LogP contribution in [0.15, 0.2) is 47.8 Å². The van der Waals surface area contributed by atoms with E-state index in [0.717, 1.165) is 10.6 Å². The molecule has 0 unspecified atom stereocenters. The van der Waals surface area contributed by atoms with Crippen LogP contribution in [0.5, 0.6) is 5.75 Å². The third-order valence-electron chi connectivity index (χ3n) is 4.09. The second-order valence-electron chi connectivity index (χ2n) is 5.87. The minimum atomic E-state index is -0.636. The fraction of sp³-hybridized carbons (Fsp3) is 0.200. The highest BCUT2D eigenvalue weighted by Gasteiger charge is 2.15. The molecule has 0 saturated carbocycles. The monoisotopic (exact) mass is 388 g/mol. The molecule has 0 atom stereocenters. The molecule has 4 nitrogen and oxygen atoms in total. The van der Waals surface area contributed by atoms with Crippen LogP contribution in [0.3, 0.4) is 0 Å². The Hall–Kier alpha value is -2.80. The maximum atomic E-state index is 13.6. The van der Waals surface area contributed by atoms with Gasteiger partial charge in [0.15, 0.2) is 0 Å². The Morgan fingerprint density at radius 2 is 1.81 bits per heavy atom. The van der Waals surface area contributed by atoms with Crippen molar-refractivity contribution in [2.75, 3.05) is 13.6 Å². The van der Waals surface area contributed by atoms with E-state index in [1.54, 1.807) is 41.6 Å². The van der Waals surface area contributed by atoms with Crippen LogP contribution in [-0.4, -0.2) is 29.4 Å². The molecule has 1 amide bonds. The Bertz CT molecular complexity index is 921. The second-order valence-corrected chi connectivity index (χ2v) is 6.73. The average Bonchev–Trinajstić information content (AvgIpc) is 3.17. The quantitative estimate of drug-likeness (QED) is 0.611. The third kappa shape index (κ3) is 4.31. The number of thiazole rings is 1. The van der Waals surface area contributed by atoms with Crippen LogP contribution >= 0.6 is 11.3 Å². The lowest BCUT2D eigenvalue weighted by Crippen LogP contribution is -2.26. The fourth-order valence-electron chi connectivity index (χ4n) is 2.36. The van der Waals surface area contributed by atoms with Gasteiger partial charge in [0.25, 0.3) is 5.91 Å². The molecule has 1 heterocycles. The summed E-state index contributed by atoms with van der Waals surface area (Å²) in [7, 11) is 1.73. The van der Waals surface area contributed by atoms with E-state index in [9.17, 15) is 13.6 Å². The maximum absolute atomic E-state index is 13.6. The summed E-state index contributed by atoms with van der Waals surface area (Å²) in [5.41, 5.74) is 1.14. The van der Waals surface area contributed by atoms with Crippen LogP contribution in [0.1, 0.15) is 23.0 Å². The number of nitrogens with zero attached hydrogens (tertiary/aromatic N) is 2. The van der Waals surface area contributed by atoms with Crippen LogP contribution < -0.4 is 4.74 Å². The molecule has 7 heteroatoms. The maximum Gasteiger partial charge on any atom is 0.273 e. The molecule has 0 fully saturated rings. The lowest BCUT2D eigenvalue weighted by Gasteiger charge is -2.11. The topological polar surface area (TPSA) is 42.4 Å². The molecule has 0 N–H and O–H groups in total. The SMILES string of the molecule is CCN(C)C(=O)c1csc(-c2ccc(OCc3c(F)cccc3F)cc2)n1. The van der Waals surface area contributed by atoms with E-state index in [4.69, 9.17) is 4.74 Å². The molecule has 0 bridgehead atoms. The molecule has 0 aliphatic heterocycles. The van der Waals surface area contributed by atoms with Gasteiger partial charge in [-0.05, 0) is 43.3 Å². The standard InChI is InChI=1S/C20H18F2N2O2S/c1-3-24(2)20(25)18-12-27-19(23-18)13-7-9-14(10-8-13)26-11-15-16(21)5-4-6-17(15)22/h4-10,12H,3,11H2,1-2H3. The number of hydrogen-bond donors (Lipinski definition) is 0. The molecular weight excluding hydrogens is 370 g/mol. The molecular formula is C20H18F2N2O2S. The van der Waals surface area contributed by atoms with Gasteiger partial charge in [-0.15, -0.1) is 11.3 Å². The summed E-state index contributed by atoms with van der Waals surface area (Å²) in [4.78, 5) is 18.1. The molecule has 3 aromatic rings. The number of aromatic nitrogens is 1. The highest BCUT2D eigenvalue weighted by atomic mass is 32.1. The summed E-state index contributed by atoms with van der Waals surface area (Å²) in [6.07, 6.45) is 0. The van der Waals surface area contributed by atoms with Crippen LogP contribution in [0.4, 0.5) is 8.78 Å². The van der Waals surface area contributed by atoms with E-state index in [-0.39, 0.29) is 18.1 Å². The Morgan fingerprint density at radius 1 is 1.15 bits per heavy atom. The largest absolute Gasteiger partial charge is 0.489 e. The van der Waals surface area contributed by atoms with Gasteiger partial charge in [-0.3, -0.25) is 4.79 Å². The molecule has 0 saturated heterocycles. The van der Waals surface area contributed by atoms with Gasteiger partial charge in [0.05, 0.1) is 5.56 Å². The van der Waals surface area contributed by atoms with Crippen LogP contribution in [0.25, 0.3) is 10.6 Å². The highest BCUT2D eigenvalue weighted by molar-refractivity contribution is 7.13. The van der Waals surface area contributed by atoms with Crippen molar-refractivity contribution in [1.82, 2.24) is 9.88 Å². The molecule has 0 spiro atoms. The van der Waals surface area contributed by atoms with E-state index in [1.165, 1.54) is 29.5 Å². The van der Waals surface area contributed by atoms with Crippen molar-refractivity contribution in [2.24, 2.45) is 0 Å². The minimum Gasteiger partial charge on any atom is -0.489 e. The Kier molecular flexibility index (Phi) is 5.81. The van der Waals surface area contributed by atoms with Gasteiger partial charge in [-0.25, -0.2) is 13.8 Å². The van der Waals surface area contributed by atoms with Crippen molar-refractivity contribution < 1.29 is 18.3 Å². The number of rotatable bonds is 6. The molecule has 1 aromatic heterocycles. The van der Waals surface area contributed by atoms with Gasteiger partial charge in [0.1, 0.15) is 34.7 Å². The number of hydrogen-bond acceptors (Lipinski definition) is 4. The molecule has 0 aliphatic rings. The van der Waals surface area contributed by atoms with Crippen molar-refractivity contribution in [1.29, 1.82) is 0 Å². The number of ether oxygens (including phenoxy) is 1. The van der Waals surface area contributed by atoms with Crippen LogP contribution in [0.2, 0.25) is 0 Å². The zero-order valence-corrected chi connectivity index (χ0v) is 15.7. The van der Waals surface area contributed by atoms with Gasteiger partial charge in [-0.1, -0.05) is 6.07 Å². The lowest BCUT2D eigenvalue weighted by molar-refractivity contribution is 0.0797. The summed E-state index contributed by atoms with van der Waals surface area (Å²) in [5.74, 6) is -0.904. The van der Waals surface area contributed by atoms with Gasteiger partial charge < -0.3 is 9.64 Å². The van der Waals surface area contributed by atoms with Crippen molar-refractivity contribution >= 4 is 17.2 Å². The van der Waals surface area contributed by atoms with Gasteiger partial charge in [0, 0.05) is 24.5 Å². The van der Waals surface area contributed by atoms with E-state index >= 15 is 0 Å². The summed E-state index contributed by atoms with van der Waals surface area (Å²) >= 11 is 1.38. The summed E-state index contributed by atoms with van der Waals surface area (Å²) in [6.45, 7) is 2.31. The number of carbonyl (C=O) groups excluding carboxylic acids is 1. The van der Waals surface area contributed by atoms with E-state index in [1.807, 2.05) is 6.92 Å². The fourth-order valence-corrected chi connectivity index (χ4v) is 3.16. The second kappa shape index (κ2) is 8.26. The Balaban J connectivity index is 1.69. The van der Waals surface area contributed by atoms with Gasteiger partial charge >= 0.3 is 0 Å². The van der Waals surface area contributed by atoms with Crippen molar-refractivity contribution in [2.45, 2.75) is 13.5 Å². The van der Waals surface area contributed by atoms with Gasteiger partial charge in [-0.2, -0.15) is 0 Å². The zero-order chi connectivity index (χ0) is 19.4. The van der Waals surface area contributed by atoms with E-state index < -0.39 is 11.6 Å². The molecule has 0 aliphatic carbocycles. The van der Waals surface area contributed by atoms with Crippen LogP contribution in [0, 0.1) is 11.6 Å². The summed E-state index contributed by atoms with van der Waals surface area (Å²) in [5, 5.41) is 2.45. The first-order valence-electron chi connectivity index (χ1n) is 8.36. The van der Waals surface area contributed by atoms with Crippen molar-refractivity contribution in [3.63, 3.8) is 0 Å². The molecule has 3 rings (SSSR count). The first-order valence-corrected chi connectivity index (χ1v) is 9.24. The number of benzene rings is 2. The van der Waals surface area contributed by atoms with Crippen molar-refractivity contribution in [3.8, 4) is 16.3 Å². The predicted octanol–water partition coefficient (Wildman–Crippen LogP) is 4.76. The van der Waals surface area contributed by atoms with Gasteiger partial charge in [0.2, 0.25) is 0 Å². The number of carbonyl (C=O) groups is 1. The lowest BCUT2D eigenvalue weighted by atomic mass is 10.2. The van der Waals surface area contributed by atoms with Crippen molar-refractivity contribution in [3.05, 3.63) is 70.7 Å². The smallest absolute Gasteiger partial charge is 0.273 e. The molecule has 27 heavy (non-hydrogen) atoms. The third-order valence-corrected chi connectivity index (χ3v) is 4.98. The number of halogens is 2. The first kappa shape index (κ1) is 19.0. The number of amides is 1. The Labute approximate surface area is 160 Å². The molecule has 2 aromatic carbocycles. The summed E-state index contributed by atoms with van der Waals surface area (Å²) in [6, 6.07) is 10.7. The summed E-state index contributed by atoms with van der Waals surface area (Å²) < 4.78 is 32.7. The highest BCUT2D eigenvalue weighted by Crippen LogP contribution is 2.26. The molecule has 140 valence electrons. The Morgan fingerprint density at radius 3 is 2.44 bits per heavy atom. The minimum absolute atomic E-state index is 0.107. The molecule has 0 radical (unpaired) electrons. The van der Waals surface area contributed by atoms with E-state index in [2.05, 4.69) is 4.98 Å². The average molecular weight is 388 g/mol. The van der Waals surface area contributed by atoms with Crippen LogP contribution in [-0.2, 0) is 6.61 Å². The normalized spacial score (nSPS) is 10.7. The van der Waals surface area contributed by atoms with E-state index in [0.29, 0.717) is 18.0 Å². The predicted molar refractivity (Wildman–Crippen MR) is 101 cm³/mol. The zero-order valence-electron chi connectivity index (χ0n) is 14.9. The first-order chi connectivity index (χ1) is 13.0.